The summed E-state index contributed by atoms with van der Waals surface area (Å²) in [6, 6.07) is 35.9. The second kappa shape index (κ2) is 10.4. The van der Waals surface area contributed by atoms with Crippen LogP contribution in [0.1, 0.15) is 35.1 Å². The molecule has 1 aliphatic rings. The molecule has 37 heavy (non-hydrogen) atoms. The Balaban J connectivity index is 1.61. The number of sulfonamides is 1. The van der Waals surface area contributed by atoms with Gasteiger partial charge in [-0.15, -0.1) is 0 Å². The van der Waals surface area contributed by atoms with E-state index >= 15 is 0 Å². The molecule has 0 bridgehead atoms. The second-order valence-electron chi connectivity index (χ2n) is 9.11. The maximum atomic E-state index is 14.2. The van der Waals surface area contributed by atoms with Gasteiger partial charge in [0.15, 0.2) is 4.91 Å². The van der Waals surface area contributed by atoms with Gasteiger partial charge >= 0.3 is 0 Å². The largest absolute Gasteiger partial charge is 0.351 e. The Bertz CT molecular complexity index is 1530. The summed E-state index contributed by atoms with van der Waals surface area (Å²) in [5.41, 5.74) is 4.27. The highest BCUT2D eigenvalue weighted by molar-refractivity contribution is 7.97. The van der Waals surface area contributed by atoms with E-state index in [-0.39, 0.29) is 17.4 Å². The molecule has 0 saturated carbocycles. The third kappa shape index (κ3) is 4.93. The van der Waals surface area contributed by atoms with Crippen molar-refractivity contribution in [3.8, 4) is 0 Å². The van der Waals surface area contributed by atoms with Crippen LogP contribution in [0.25, 0.3) is 5.57 Å². The molecule has 1 amide bonds. The Morgan fingerprint density at radius 2 is 1.35 bits per heavy atom. The Morgan fingerprint density at radius 1 is 0.784 bits per heavy atom. The summed E-state index contributed by atoms with van der Waals surface area (Å²) in [5, 5.41) is 2.92. The Hall–Kier alpha value is -4.16. The smallest absolute Gasteiger partial charge is 0.270 e. The van der Waals surface area contributed by atoms with Gasteiger partial charge in [0.05, 0.1) is 12.2 Å². The third-order valence-corrected chi connectivity index (χ3v) is 8.40. The number of hydrogen-bond donors (Lipinski definition) is 1. The zero-order valence-electron chi connectivity index (χ0n) is 20.5. The number of anilines is 1. The molecule has 0 saturated heterocycles. The number of fused-ring (bicyclic) bond motifs is 1. The first-order valence-corrected chi connectivity index (χ1v) is 13.7. The number of amides is 1. The summed E-state index contributed by atoms with van der Waals surface area (Å²) < 4.78 is 29.8. The number of hydrogen-bond acceptors (Lipinski definition) is 3. The molecule has 0 aliphatic carbocycles. The number of para-hydroxylation sites is 1. The van der Waals surface area contributed by atoms with Crippen molar-refractivity contribution >= 4 is 27.2 Å². The summed E-state index contributed by atoms with van der Waals surface area (Å²) in [5.74, 6) is -0.584. The van der Waals surface area contributed by atoms with Crippen molar-refractivity contribution in [1.29, 1.82) is 0 Å². The molecule has 4 aromatic rings. The summed E-state index contributed by atoms with van der Waals surface area (Å²) in [4.78, 5) is 13.5. The molecule has 0 spiro atoms. The minimum absolute atomic E-state index is 0.0185. The average Bonchev–Trinajstić information content (AvgIpc) is 2.94. The Labute approximate surface area is 218 Å². The molecule has 5 rings (SSSR count). The minimum Gasteiger partial charge on any atom is -0.351 e. The topological polar surface area (TPSA) is 66.5 Å². The molecule has 4 aromatic carbocycles. The van der Waals surface area contributed by atoms with Gasteiger partial charge in [-0.25, -0.2) is 8.42 Å². The number of carbonyl (C=O) groups is 1. The fourth-order valence-electron chi connectivity index (χ4n) is 4.66. The van der Waals surface area contributed by atoms with Gasteiger partial charge in [-0.3, -0.25) is 9.10 Å². The first-order chi connectivity index (χ1) is 18.0. The summed E-state index contributed by atoms with van der Waals surface area (Å²) >= 11 is 0. The standard InChI is InChI=1S/C31H28N2O3S/c1-23(25-15-7-3-8-16-25)21-32-31(34)30-29(26-17-9-4-10-18-26)27-19-11-12-20-28(27)33(37(30,35)36)22-24-13-5-2-6-14-24/h2-20,23H,21-22H2,1H3,(H,32,34). The van der Waals surface area contributed by atoms with Gasteiger partial charge < -0.3 is 5.32 Å². The normalized spacial score (nSPS) is 15.1. The number of rotatable bonds is 7. The van der Waals surface area contributed by atoms with E-state index in [2.05, 4.69) is 5.32 Å². The van der Waals surface area contributed by atoms with Crippen molar-refractivity contribution in [3.63, 3.8) is 0 Å². The molecule has 1 heterocycles. The van der Waals surface area contributed by atoms with Gasteiger partial charge in [0, 0.05) is 17.7 Å². The van der Waals surface area contributed by atoms with Crippen LogP contribution in [0.5, 0.6) is 0 Å². The maximum absolute atomic E-state index is 14.2. The lowest BCUT2D eigenvalue weighted by atomic mass is 9.95. The van der Waals surface area contributed by atoms with Gasteiger partial charge in [-0.2, -0.15) is 0 Å². The van der Waals surface area contributed by atoms with Crippen LogP contribution in [0.15, 0.2) is 120 Å². The number of carbonyl (C=O) groups excluding carboxylic acids is 1. The van der Waals surface area contributed by atoms with Crippen LogP contribution in [-0.4, -0.2) is 20.9 Å². The lowest BCUT2D eigenvalue weighted by Crippen LogP contribution is -2.41. The van der Waals surface area contributed by atoms with E-state index in [1.165, 1.54) is 4.31 Å². The molecule has 1 unspecified atom stereocenters. The van der Waals surface area contributed by atoms with Crippen LogP contribution in [0, 0.1) is 0 Å². The predicted octanol–water partition coefficient (Wildman–Crippen LogP) is 5.72. The molecular formula is C31H28N2O3S. The van der Waals surface area contributed by atoms with Crippen LogP contribution >= 0.6 is 0 Å². The number of benzene rings is 4. The SMILES string of the molecule is CC(CNC(=O)C1=C(c2ccccc2)c2ccccc2N(Cc2ccccc2)S1(=O)=O)c1ccccc1. The highest BCUT2D eigenvalue weighted by Crippen LogP contribution is 2.43. The molecule has 0 aromatic heterocycles. The number of nitrogens with one attached hydrogen (secondary N) is 1. The Kier molecular flexibility index (Phi) is 6.93. The van der Waals surface area contributed by atoms with E-state index in [0.717, 1.165) is 11.1 Å². The van der Waals surface area contributed by atoms with Gasteiger partial charge in [-0.05, 0) is 28.7 Å². The van der Waals surface area contributed by atoms with Gasteiger partial charge in [-0.1, -0.05) is 116 Å². The first kappa shape index (κ1) is 24.5. The monoisotopic (exact) mass is 508 g/mol. The first-order valence-electron chi connectivity index (χ1n) is 12.3. The maximum Gasteiger partial charge on any atom is 0.270 e. The average molecular weight is 509 g/mol. The van der Waals surface area contributed by atoms with E-state index in [1.807, 2.05) is 116 Å². The lowest BCUT2D eigenvalue weighted by Gasteiger charge is -2.33. The van der Waals surface area contributed by atoms with Crippen LogP contribution < -0.4 is 9.62 Å². The molecule has 186 valence electrons. The summed E-state index contributed by atoms with van der Waals surface area (Å²) in [6.45, 7) is 2.44. The summed E-state index contributed by atoms with van der Waals surface area (Å²) in [6.07, 6.45) is 0. The van der Waals surface area contributed by atoms with E-state index in [0.29, 0.717) is 28.9 Å². The van der Waals surface area contributed by atoms with Crippen LogP contribution in [0.3, 0.4) is 0 Å². The molecule has 5 nitrogen and oxygen atoms in total. The van der Waals surface area contributed by atoms with Gasteiger partial charge in [0.1, 0.15) is 0 Å². The van der Waals surface area contributed by atoms with Gasteiger partial charge in [0.2, 0.25) is 0 Å². The van der Waals surface area contributed by atoms with Crippen LogP contribution in [0.2, 0.25) is 0 Å². The van der Waals surface area contributed by atoms with Crippen LogP contribution in [-0.2, 0) is 21.4 Å². The van der Waals surface area contributed by atoms with E-state index in [9.17, 15) is 13.2 Å². The van der Waals surface area contributed by atoms with Crippen molar-refractivity contribution in [3.05, 3.63) is 142 Å². The molecule has 1 atom stereocenters. The fraction of sp³-hybridized carbons (Fsp3) is 0.129. The molecule has 0 fully saturated rings. The van der Waals surface area contributed by atoms with Crippen molar-refractivity contribution in [2.45, 2.75) is 19.4 Å². The molecule has 6 heteroatoms. The van der Waals surface area contributed by atoms with Crippen molar-refractivity contribution < 1.29 is 13.2 Å². The second-order valence-corrected chi connectivity index (χ2v) is 10.9. The van der Waals surface area contributed by atoms with E-state index in [4.69, 9.17) is 0 Å². The van der Waals surface area contributed by atoms with Gasteiger partial charge in [0.25, 0.3) is 15.9 Å². The van der Waals surface area contributed by atoms with E-state index < -0.39 is 15.9 Å². The van der Waals surface area contributed by atoms with Crippen molar-refractivity contribution in [2.75, 3.05) is 10.8 Å². The van der Waals surface area contributed by atoms with Crippen molar-refractivity contribution in [1.82, 2.24) is 5.32 Å². The third-order valence-electron chi connectivity index (χ3n) is 6.59. The zero-order valence-corrected chi connectivity index (χ0v) is 21.4. The molecule has 1 aliphatic heterocycles. The quantitative estimate of drug-likeness (QED) is 0.347. The summed E-state index contributed by atoms with van der Waals surface area (Å²) in [7, 11) is -4.18. The Morgan fingerprint density at radius 3 is 2.03 bits per heavy atom. The fourth-order valence-corrected chi connectivity index (χ4v) is 6.41. The molecule has 0 radical (unpaired) electrons. The van der Waals surface area contributed by atoms with Crippen LogP contribution in [0.4, 0.5) is 5.69 Å². The highest BCUT2D eigenvalue weighted by atomic mass is 32.2. The minimum atomic E-state index is -4.18. The lowest BCUT2D eigenvalue weighted by molar-refractivity contribution is -0.116. The number of nitrogens with zero attached hydrogens (tertiary/aromatic N) is 1. The zero-order chi connectivity index (χ0) is 25.8. The predicted molar refractivity (Wildman–Crippen MR) is 148 cm³/mol. The highest BCUT2D eigenvalue weighted by Gasteiger charge is 2.41. The van der Waals surface area contributed by atoms with Crippen molar-refractivity contribution in [2.24, 2.45) is 0 Å². The van der Waals surface area contributed by atoms with E-state index in [1.54, 1.807) is 6.07 Å². The molecular weight excluding hydrogens is 480 g/mol. The molecule has 1 N–H and O–H groups in total.